The molecule has 6 heteroatoms. The molecule has 0 bridgehead atoms. The monoisotopic (exact) mass is 916 g/mol. The Morgan fingerprint density at radius 1 is 0.435 bits per heavy atom. The standard InChI is InChI=1S/C63H53ClN4O/c1-40-37-56(59(64)57(38-40)67-52-24-11-12-25-53(52)68-51-23-10-8-19-47(51)49-21-15-26-54(67)60(49)68)66(55-27-16-22-50-48-20-9-13-28-58(48)69-61(50)55)46-18-14-17-45(39-46)65(43-33-29-41(30-34-43)62(2,3)4)44-35-31-42(32-36-44)63(5,6)7/h8-39H,1-7H3. The molecular weight excluding hydrogens is 864 g/mol. The van der Waals surface area contributed by atoms with Crippen molar-refractivity contribution in [2.45, 2.75) is 59.3 Å². The molecule has 0 radical (unpaired) electrons. The van der Waals surface area contributed by atoms with Crippen molar-refractivity contribution in [2.75, 3.05) is 14.7 Å². The quantitative estimate of drug-likeness (QED) is 0.159. The molecule has 0 atom stereocenters. The first-order valence-electron chi connectivity index (χ1n) is 23.9. The Balaban J connectivity index is 1.10. The van der Waals surface area contributed by atoms with Crippen molar-refractivity contribution >= 4 is 107 Å². The highest BCUT2D eigenvalue weighted by molar-refractivity contribution is 6.37. The van der Waals surface area contributed by atoms with Crippen molar-refractivity contribution in [2.24, 2.45) is 0 Å². The van der Waals surface area contributed by atoms with Gasteiger partial charge in [-0.15, -0.1) is 0 Å². The molecule has 0 saturated heterocycles. The number of benzene rings is 9. The second-order valence-electron chi connectivity index (χ2n) is 20.5. The minimum Gasteiger partial charge on any atom is -0.454 e. The number of hydrogen-bond acceptors (Lipinski definition) is 4. The lowest BCUT2D eigenvalue weighted by Crippen LogP contribution is -2.20. The van der Waals surface area contributed by atoms with E-state index >= 15 is 0 Å². The average molecular weight is 918 g/mol. The van der Waals surface area contributed by atoms with Crippen LogP contribution in [-0.2, 0) is 10.8 Å². The zero-order valence-corrected chi connectivity index (χ0v) is 40.8. The van der Waals surface area contributed by atoms with Gasteiger partial charge >= 0.3 is 0 Å². The SMILES string of the molecule is Cc1cc(N(c2cccc(N(c3ccc(C(C)(C)C)cc3)c3ccc(C(C)(C)C)cc3)c2)c2cccc3c2oc2ccccc23)c(Cl)c(N2c3ccccc3-n3c4ccccc4c4cccc2c43)c1. The summed E-state index contributed by atoms with van der Waals surface area (Å²) in [4.78, 5) is 7.01. The molecule has 338 valence electrons. The van der Waals surface area contributed by atoms with Crippen LogP contribution in [0, 0.1) is 6.92 Å². The van der Waals surface area contributed by atoms with Gasteiger partial charge in [0.15, 0.2) is 5.58 Å². The van der Waals surface area contributed by atoms with Crippen LogP contribution in [0.4, 0.5) is 51.2 Å². The molecule has 11 aromatic rings. The molecule has 0 spiro atoms. The molecule has 69 heavy (non-hydrogen) atoms. The maximum absolute atomic E-state index is 8.11. The van der Waals surface area contributed by atoms with Gasteiger partial charge in [0.1, 0.15) is 5.58 Å². The Kier molecular flexibility index (Phi) is 9.84. The summed E-state index contributed by atoms with van der Waals surface area (Å²) in [5.41, 5.74) is 17.5. The lowest BCUT2D eigenvalue weighted by molar-refractivity contribution is 0.590. The van der Waals surface area contributed by atoms with Crippen LogP contribution >= 0.6 is 11.6 Å². The third kappa shape index (κ3) is 6.98. The smallest absolute Gasteiger partial charge is 0.159 e. The van der Waals surface area contributed by atoms with Gasteiger partial charge in [0.05, 0.1) is 50.2 Å². The molecule has 0 unspecified atom stereocenters. The van der Waals surface area contributed by atoms with E-state index in [0.717, 1.165) is 89.9 Å². The fourth-order valence-corrected chi connectivity index (χ4v) is 10.8. The van der Waals surface area contributed by atoms with Gasteiger partial charge in [-0.3, -0.25) is 0 Å². The Morgan fingerprint density at radius 3 is 1.68 bits per heavy atom. The van der Waals surface area contributed by atoms with Crippen LogP contribution < -0.4 is 14.7 Å². The number of anilines is 9. The predicted octanol–water partition coefficient (Wildman–Crippen LogP) is 19.0. The number of hydrogen-bond donors (Lipinski definition) is 0. The predicted molar refractivity (Wildman–Crippen MR) is 293 cm³/mol. The van der Waals surface area contributed by atoms with Crippen LogP contribution in [0.2, 0.25) is 5.02 Å². The van der Waals surface area contributed by atoms with E-state index in [1.54, 1.807) is 0 Å². The lowest BCUT2D eigenvalue weighted by atomic mass is 9.86. The van der Waals surface area contributed by atoms with E-state index in [-0.39, 0.29) is 10.8 Å². The van der Waals surface area contributed by atoms with E-state index < -0.39 is 0 Å². The Labute approximate surface area is 409 Å². The van der Waals surface area contributed by atoms with Crippen LogP contribution in [0.3, 0.4) is 0 Å². The Hall–Kier alpha value is -7.73. The molecule has 0 saturated carbocycles. The average Bonchev–Trinajstić information content (AvgIpc) is 3.90. The van der Waals surface area contributed by atoms with Gasteiger partial charge in [0, 0.05) is 44.3 Å². The molecule has 1 aliphatic rings. The Bertz CT molecular complexity index is 3730. The summed E-state index contributed by atoms with van der Waals surface area (Å²) in [5.74, 6) is 0. The minimum absolute atomic E-state index is 0.0168. The van der Waals surface area contributed by atoms with Crippen molar-refractivity contribution in [1.82, 2.24) is 4.57 Å². The zero-order chi connectivity index (χ0) is 47.3. The fourth-order valence-electron chi connectivity index (χ4n) is 10.5. The molecule has 12 rings (SSSR count). The maximum atomic E-state index is 8.11. The summed E-state index contributed by atoms with van der Waals surface area (Å²) in [7, 11) is 0. The number of aryl methyl sites for hydroxylation is 1. The van der Waals surface area contributed by atoms with Crippen LogP contribution in [0.5, 0.6) is 0 Å². The lowest BCUT2D eigenvalue weighted by Gasteiger charge is -2.35. The topological polar surface area (TPSA) is 27.8 Å². The highest BCUT2D eigenvalue weighted by atomic mass is 35.5. The first kappa shape index (κ1) is 42.6. The molecule has 2 aromatic heterocycles. The summed E-state index contributed by atoms with van der Waals surface area (Å²) >= 11 is 8.11. The van der Waals surface area contributed by atoms with Gasteiger partial charge in [-0.1, -0.05) is 156 Å². The van der Waals surface area contributed by atoms with Gasteiger partial charge in [-0.25, -0.2) is 0 Å². The zero-order valence-electron chi connectivity index (χ0n) is 40.1. The van der Waals surface area contributed by atoms with Gasteiger partial charge in [0.2, 0.25) is 0 Å². The molecule has 0 amide bonds. The van der Waals surface area contributed by atoms with Crippen molar-refractivity contribution in [3.8, 4) is 5.69 Å². The van der Waals surface area contributed by atoms with Crippen LogP contribution in [0.25, 0.3) is 49.4 Å². The highest BCUT2D eigenvalue weighted by Gasteiger charge is 2.32. The number of fused-ring (bicyclic) bond motifs is 8. The molecule has 0 aliphatic carbocycles. The second-order valence-corrected chi connectivity index (χ2v) is 20.9. The third-order valence-electron chi connectivity index (χ3n) is 13.9. The summed E-state index contributed by atoms with van der Waals surface area (Å²) < 4.78 is 9.27. The number of furan rings is 1. The summed E-state index contributed by atoms with van der Waals surface area (Å²) in [6.07, 6.45) is 0. The fraction of sp³-hybridized carbons (Fsp3) is 0.143. The van der Waals surface area contributed by atoms with E-state index in [9.17, 15) is 0 Å². The number of rotatable bonds is 7. The van der Waals surface area contributed by atoms with Crippen LogP contribution in [0.15, 0.2) is 199 Å². The second kappa shape index (κ2) is 15.9. The first-order chi connectivity index (χ1) is 33.3. The van der Waals surface area contributed by atoms with E-state index in [2.05, 4.69) is 250 Å². The Morgan fingerprint density at radius 2 is 0.986 bits per heavy atom. The van der Waals surface area contributed by atoms with Gasteiger partial charge in [0.25, 0.3) is 0 Å². The molecule has 9 aromatic carbocycles. The van der Waals surface area contributed by atoms with Gasteiger partial charge < -0.3 is 23.7 Å². The third-order valence-corrected chi connectivity index (χ3v) is 14.3. The van der Waals surface area contributed by atoms with E-state index in [1.165, 1.54) is 27.4 Å². The largest absolute Gasteiger partial charge is 0.454 e. The summed E-state index contributed by atoms with van der Waals surface area (Å²) in [6, 6.07) is 70.0. The molecule has 0 N–H and O–H groups in total. The normalized spacial score (nSPS) is 12.6. The molecular formula is C63H53ClN4O. The number of halogens is 1. The molecule has 1 aliphatic heterocycles. The van der Waals surface area contributed by atoms with Crippen molar-refractivity contribution < 1.29 is 4.42 Å². The summed E-state index contributed by atoms with van der Waals surface area (Å²) in [6.45, 7) is 15.7. The maximum Gasteiger partial charge on any atom is 0.159 e. The van der Waals surface area contributed by atoms with E-state index in [4.69, 9.17) is 16.0 Å². The summed E-state index contributed by atoms with van der Waals surface area (Å²) in [5, 5.41) is 5.14. The van der Waals surface area contributed by atoms with Crippen molar-refractivity contribution in [3.05, 3.63) is 216 Å². The number of aromatic nitrogens is 1. The van der Waals surface area contributed by atoms with Gasteiger partial charge in [-0.05, 0) is 125 Å². The van der Waals surface area contributed by atoms with E-state index in [1.807, 2.05) is 12.1 Å². The molecule has 0 fully saturated rings. The van der Waals surface area contributed by atoms with Crippen molar-refractivity contribution in [1.29, 1.82) is 0 Å². The first-order valence-corrected chi connectivity index (χ1v) is 24.2. The van der Waals surface area contributed by atoms with Crippen LogP contribution in [-0.4, -0.2) is 4.57 Å². The minimum atomic E-state index is 0.0168. The number of nitrogens with zero attached hydrogens (tertiary/aromatic N) is 4. The molecule has 3 heterocycles. The van der Waals surface area contributed by atoms with Crippen molar-refractivity contribution in [3.63, 3.8) is 0 Å². The van der Waals surface area contributed by atoms with Gasteiger partial charge in [-0.2, -0.15) is 0 Å². The van der Waals surface area contributed by atoms with Crippen LogP contribution in [0.1, 0.15) is 58.2 Å². The molecule has 5 nitrogen and oxygen atoms in total. The highest BCUT2D eigenvalue weighted by Crippen LogP contribution is 2.54. The van der Waals surface area contributed by atoms with E-state index in [0.29, 0.717) is 5.02 Å². The number of para-hydroxylation sites is 6.